The maximum atomic E-state index is 12.6. The Morgan fingerprint density at radius 3 is 2.59 bits per heavy atom. The van der Waals surface area contributed by atoms with Gasteiger partial charge in [0.1, 0.15) is 11.6 Å². The quantitative estimate of drug-likeness (QED) is 0.473. The van der Waals surface area contributed by atoms with Crippen molar-refractivity contribution in [3.8, 4) is 5.75 Å². The van der Waals surface area contributed by atoms with Gasteiger partial charge in [0.05, 0.1) is 12.9 Å². The van der Waals surface area contributed by atoms with Crippen LogP contribution in [0.25, 0.3) is 0 Å². The number of benzene rings is 1. The number of carbonyl (C=O) groups is 1. The minimum Gasteiger partial charge on any atom is -0.497 e. The predicted molar refractivity (Wildman–Crippen MR) is 107 cm³/mol. The Balaban J connectivity index is 1.65. The van der Waals surface area contributed by atoms with Crippen molar-refractivity contribution in [3.05, 3.63) is 58.7 Å². The molecule has 0 aliphatic rings. The first-order valence-electron chi connectivity index (χ1n) is 8.82. The molecule has 0 amide bonds. The van der Waals surface area contributed by atoms with Gasteiger partial charge in [-0.3, -0.25) is 9.89 Å². The summed E-state index contributed by atoms with van der Waals surface area (Å²) in [5.41, 5.74) is 4.13. The lowest BCUT2D eigenvalue weighted by Crippen LogP contribution is -2.08. The molecule has 2 aromatic heterocycles. The molecule has 0 aliphatic carbocycles. The molecule has 6 nitrogen and oxygen atoms in total. The molecule has 27 heavy (non-hydrogen) atoms. The number of hydrogen-bond acceptors (Lipinski definition) is 5. The Bertz CT molecular complexity index is 928. The van der Waals surface area contributed by atoms with Crippen molar-refractivity contribution in [2.24, 2.45) is 0 Å². The zero-order valence-electron chi connectivity index (χ0n) is 16.1. The maximum Gasteiger partial charge on any atom is 0.208 e. The number of nitrogens with zero attached hydrogens (tertiary/aromatic N) is 3. The SMILES string of the molecule is COc1ccc(CCn2c(C)cc(C(=O)CSc3n[nH]c(C)n3)c2C)cc1. The van der Waals surface area contributed by atoms with E-state index >= 15 is 0 Å². The third-order valence-corrected chi connectivity index (χ3v) is 5.41. The highest BCUT2D eigenvalue weighted by atomic mass is 32.2. The lowest BCUT2D eigenvalue weighted by atomic mass is 10.1. The van der Waals surface area contributed by atoms with Crippen molar-refractivity contribution < 1.29 is 9.53 Å². The average Bonchev–Trinajstić information content (AvgIpc) is 3.21. The Hall–Kier alpha value is -2.54. The number of Topliss-reactive ketones (excluding diaryl/α,β-unsaturated/α-hetero) is 1. The fourth-order valence-electron chi connectivity index (χ4n) is 3.06. The topological polar surface area (TPSA) is 72.8 Å². The van der Waals surface area contributed by atoms with Crippen molar-refractivity contribution in [2.75, 3.05) is 12.9 Å². The number of methoxy groups -OCH3 is 1. The summed E-state index contributed by atoms with van der Waals surface area (Å²) in [6.07, 6.45) is 0.902. The number of aryl methyl sites for hydroxylation is 3. The molecule has 0 bridgehead atoms. The van der Waals surface area contributed by atoms with E-state index in [0.717, 1.165) is 41.5 Å². The van der Waals surface area contributed by atoms with Crippen LogP contribution < -0.4 is 4.74 Å². The molecule has 0 saturated carbocycles. The van der Waals surface area contributed by atoms with Gasteiger partial charge in [-0.25, -0.2) is 4.98 Å². The fraction of sp³-hybridized carbons (Fsp3) is 0.350. The summed E-state index contributed by atoms with van der Waals surface area (Å²) in [5, 5.41) is 7.46. The van der Waals surface area contributed by atoms with Gasteiger partial charge in [-0.15, -0.1) is 5.10 Å². The van der Waals surface area contributed by atoms with Crippen molar-refractivity contribution in [3.63, 3.8) is 0 Å². The standard InChI is InChI=1S/C20H24N4O2S/c1-13-11-18(19(25)12-27-20-21-15(3)22-23-20)14(2)24(13)10-9-16-5-7-17(26-4)8-6-16/h5-8,11H,9-10,12H2,1-4H3,(H,21,22,23). The summed E-state index contributed by atoms with van der Waals surface area (Å²) >= 11 is 1.36. The van der Waals surface area contributed by atoms with Crippen LogP contribution in [0, 0.1) is 20.8 Å². The number of hydrogen-bond donors (Lipinski definition) is 1. The Morgan fingerprint density at radius 1 is 1.22 bits per heavy atom. The number of ketones is 1. The molecule has 0 atom stereocenters. The van der Waals surface area contributed by atoms with Crippen LogP contribution in [-0.4, -0.2) is 38.4 Å². The third-order valence-electron chi connectivity index (χ3n) is 4.57. The highest BCUT2D eigenvalue weighted by Crippen LogP contribution is 2.21. The average molecular weight is 385 g/mol. The van der Waals surface area contributed by atoms with E-state index in [1.54, 1.807) is 7.11 Å². The molecule has 7 heteroatoms. The summed E-state index contributed by atoms with van der Waals surface area (Å²) in [4.78, 5) is 16.9. The minimum absolute atomic E-state index is 0.103. The number of aromatic amines is 1. The molecular formula is C20H24N4O2S. The number of rotatable bonds is 8. The van der Waals surface area contributed by atoms with E-state index in [0.29, 0.717) is 10.9 Å². The zero-order chi connectivity index (χ0) is 19.4. The lowest BCUT2D eigenvalue weighted by Gasteiger charge is -2.10. The smallest absolute Gasteiger partial charge is 0.208 e. The van der Waals surface area contributed by atoms with Gasteiger partial charge in [0, 0.05) is 23.5 Å². The number of carbonyl (C=O) groups excluding carboxylic acids is 1. The van der Waals surface area contributed by atoms with E-state index in [4.69, 9.17) is 4.74 Å². The van der Waals surface area contributed by atoms with Crippen molar-refractivity contribution in [1.29, 1.82) is 0 Å². The molecule has 1 N–H and O–H groups in total. The first kappa shape index (κ1) is 19.2. The van der Waals surface area contributed by atoms with Crippen LogP contribution in [0.4, 0.5) is 0 Å². The van der Waals surface area contributed by atoms with Gasteiger partial charge in [-0.1, -0.05) is 23.9 Å². The molecule has 0 aliphatic heterocycles. The minimum atomic E-state index is 0.103. The van der Waals surface area contributed by atoms with Crippen molar-refractivity contribution in [2.45, 2.75) is 38.9 Å². The Kier molecular flexibility index (Phi) is 6.01. The largest absolute Gasteiger partial charge is 0.497 e. The molecule has 0 fully saturated rings. The van der Waals surface area contributed by atoms with Crippen LogP contribution in [0.5, 0.6) is 5.75 Å². The van der Waals surface area contributed by atoms with Crippen LogP contribution in [0.3, 0.4) is 0 Å². The van der Waals surface area contributed by atoms with Gasteiger partial charge in [0.2, 0.25) is 5.16 Å². The van der Waals surface area contributed by atoms with Gasteiger partial charge in [-0.2, -0.15) is 0 Å². The zero-order valence-corrected chi connectivity index (χ0v) is 16.9. The molecular weight excluding hydrogens is 360 g/mol. The second kappa shape index (κ2) is 8.43. The van der Waals surface area contributed by atoms with Crippen LogP contribution in [0.1, 0.15) is 33.1 Å². The first-order chi connectivity index (χ1) is 13.0. The van der Waals surface area contributed by atoms with E-state index in [1.807, 2.05) is 39.0 Å². The molecule has 0 unspecified atom stereocenters. The first-order valence-corrected chi connectivity index (χ1v) is 9.81. The third kappa shape index (κ3) is 4.60. The lowest BCUT2D eigenvalue weighted by molar-refractivity contribution is 0.102. The number of thioether (sulfide) groups is 1. The molecule has 142 valence electrons. The van der Waals surface area contributed by atoms with E-state index < -0.39 is 0 Å². The van der Waals surface area contributed by atoms with E-state index in [9.17, 15) is 4.79 Å². The molecule has 1 aromatic carbocycles. The number of H-pyrrole nitrogens is 1. The van der Waals surface area contributed by atoms with E-state index in [2.05, 4.69) is 31.9 Å². The Labute approximate surface area is 163 Å². The van der Waals surface area contributed by atoms with Gasteiger partial charge in [-0.05, 0) is 51.0 Å². The summed E-state index contributed by atoms with van der Waals surface area (Å²) in [7, 11) is 1.67. The normalized spacial score (nSPS) is 11.0. The predicted octanol–water partition coefficient (Wildman–Crippen LogP) is 3.76. The van der Waals surface area contributed by atoms with Crippen LogP contribution in [-0.2, 0) is 13.0 Å². The van der Waals surface area contributed by atoms with Gasteiger partial charge >= 0.3 is 0 Å². The number of nitrogens with one attached hydrogen (secondary N) is 1. The molecule has 3 aromatic rings. The summed E-state index contributed by atoms with van der Waals surface area (Å²) in [6.45, 7) is 6.74. The van der Waals surface area contributed by atoms with Crippen LogP contribution >= 0.6 is 11.8 Å². The van der Waals surface area contributed by atoms with Crippen molar-refractivity contribution in [1.82, 2.24) is 19.7 Å². The molecule has 2 heterocycles. The second-order valence-electron chi connectivity index (χ2n) is 6.45. The summed E-state index contributed by atoms with van der Waals surface area (Å²) < 4.78 is 7.41. The van der Waals surface area contributed by atoms with Gasteiger partial charge in [0.15, 0.2) is 5.78 Å². The molecule has 0 radical (unpaired) electrons. The van der Waals surface area contributed by atoms with Crippen molar-refractivity contribution >= 4 is 17.5 Å². The van der Waals surface area contributed by atoms with Gasteiger partial charge in [0.25, 0.3) is 0 Å². The summed E-state index contributed by atoms with van der Waals surface area (Å²) in [6, 6.07) is 10.1. The van der Waals surface area contributed by atoms with E-state index in [1.165, 1.54) is 17.3 Å². The maximum absolute atomic E-state index is 12.6. The molecule has 3 rings (SSSR count). The van der Waals surface area contributed by atoms with E-state index in [-0.39, 0.29) is 5.78 Å². The number of ether oxygens (including phenoxy) is 1. The fourth-order valence-corrected chi connectivity index (χ4v) is 3.78. The molecule has 0 saturated heterocycles. The monoisotopic (exact) mass is 384 g/mol. The highest BCUT2D eigenvalue weighted by Gasteiger charge is 2.16. The second-order valence-corrected chi connectivity index (χ2v) is 7.39. The molecule has 0 spiro atoms. The number of aromatic nitrogens is 4. The van der Waals surface area contributed by atoms with Gasteiger partial charge < -0.3 is 9.30 Å². The van der Waals surface area contributed by atoms with Crippen LogP contribution in [0.15, 0.2) is 35.5 Å². The highest BCUT2D eigenvalue weighted by molar-refractivity contribution is 7.99. The Morgan fingerprint density at radius 2 is 1.96 bits per heavy atom. The van der Waals surface area contributed by atoms with Crippen LogP contribution in [0.2, 0.25) is 0 Å². The summed E-state index contributed by atoms with van der Waals surface area (Å²) in [5.74, 6) is 2.05.